The number of ether oxygens (including phenoxy) is 2. The third kappa shape index (κ3) is 8.85. The Morgan fingerprint density at radius 3 is 2.55 bits per heavy atom. The van der Waals surface area contributed by atoms with Gasteiger partial charge in [0.25, 0.3) is 0 Å². The zero-order valence-electron chi connectivity index (χ0n) is 17.0. The summed E-state index contributed by atoms with van der Waals surface area (Å²) < 4.78 is 47.9. The van der Waals surface area contributed by atoms with E-state index in [9.17, 15) is 13.2 Å². The summed E-state index contributed by atoms with van der Waals surface area (Å²) in [4.78, 5) is 5.63. The first-order valence-corrected chi connectivity index (χ1v) is 9.29. The van der Waals surface area contributed by atoms with Crippen molar-refractivity contribution in [2.45, 2.75) is 19.0 Å². The topological polar surface area (TPSA) is 58.1 Å². The predicted molar refractivity (Wildman–Crippen MR) is 119 cm³/mol. The Bertz CT molecular complexity index is 659. The highest BCUT2D eigenvalue weighted by atomic mass is 127. The maximum atomic E-state index is 12.5. The van der Waals surface area contributed by atoms with E-state index < -0.39 is 12.7 Å². The molecule has 1 saturated heterocycles. The van der Waals surface area contributed by atoms with Gasteiger partial charge in [-0.1, -0.05) is 6.07 Å². The van der Waals surface area contributed by atoms with Crippen LogP contribution in [0.4, 0.5) is 13.2 Å². The number of guanidine groups is 1. The molecule has 29 heavy (non-hydrogen) atoms. The van der Waals surface area contributed by atoms with Crippen LogP contribution in [0.15, 0.2) is 23.2 Å². The molecule has 2 N–H and O–H groups in total. The van der Waals surface area contributed by atoms with Crippen molar-refractivity contribution < 1.29 is 22.6 Å². The Kier molecular flexibility index (Phi) is 10.9. The maximum Gasteiger partial charge on any atom is 0.401 e. The fourth-order valence-corrected chi connectivity index (χ4v) is 3.30. The van der Waals surface area contributed by atoms with Crippen molar-refractivity contribution in [1.82, 2.24) is 15.5 Å². The SMILES string of the molecule is CN=C(NCCc1ccc(OC)c(OC)c1)NCC1CCN(CC(F)(F)F)C1.I. The fraction of sp³-hybridized carbons (Fsp3) is 0.632. The van der Waals surface area contributed by atoms with Gasteiger partial charge in [-0.3, -0.25) is 9.89 Å². The van der Waals surface area contributed by atoms with Crippen molar-refractivity contribution in [3.8, 4) is 11.5 Å². The first-order valence-electron chi connectivity index (χ1n) is 9.29. The van der Waals surface area contributed by atoms with Gasteiger partial charge in [0.1, 0.15) is 0 Å². The highest BCUT2D eigenvalue weighted by Crippen LogP contribution is 2.27. The lowest BCUT2D eigenvalue weighted by Gasteiger charge is -2.18. The van der Waals surface area contributed by atoms with Crippen LogP contribution in [0.1, 0.15) is 12.0 Å². The smallest absolute Gasteiger partial charge is 0.401 e. The Morgan fingerprint density at radius 2 is 1.93 bits per heavy atom. The van der Waals surface area contributed by atoms with Gasteiger partial charge in [-0.05, 0) is 43.0 Å². The third-order valence-corrected chi connectivity index (χ3v) is 4.71. The summed E-state index contributed by atoms with van der Waals surface area (Å²) in [6, 6.07) is 5.78. The lowest BCUT2D eigenvalue weighted by molar-refractivity contribution is -0.143. The number of halogens is 4. The van der Waals surface area contributed by atoms with Gasteiger partial charge in [-0.2, -0.15) is 13.2 Å². The number of nitrogens with zero attached hydrogens (tertiary/aromatic N) is 2. The molecule has 0 aliphatic carbocycles. The zero-order chi connectivity index (χ0) is 20.6. The second kappa shape index (κ2) is 12.3. The molecule has 1 aliphatic rings. The average Bonchev–Trinajstić information content (AvgIpc) is 3.09. The normalized spacial score (nSPS) is 17.6. The van der Waals surface area contributed by atoms with Gasteiger partial charge < -0.3 is 20.1 Å². The number of nitrogens with one attached hydrogen (secondary N) is 2. The van der Waals surface area contributed by atoms with Gasteiger partial charge >= 0.3 is 6.18 Å². The van der Waals surface area contributed by atoms with E-state index >= 15 is 0 Å². The molecule has 1 aliphatic heterocycles. The molecule has 6 nitrogen and oxygen atoms in total. The standard InChI is InChI=1S/C19H29F3N4O2.HI/c1-23-18(25-11-15-7-9-26(12-15)13-19(20,21)22)24-8-6-14-4-5-16(27-2)17(10-14)28-3;/h4-5,10,15H,6-9,11-13H2,1-3H3,(H2,23,24,25);1H. The Labute approximate surface area is 187 Å². The van der Waals surface area contributed by atoms with Crippen molar-refractivity contribution in [1.29, 1.82) is 0 Å². The number of methoxy groups -OCH3 is 2. The van der Waals surface area contributed by atoms with E-state index in [1.54, 1.807) is 21.3 Å². The summed E-state index contributed by atoms with van der Waals surface area (Å²) in [5, 5.41) is 6.44. The van der Waals surface area contributed by atoms with Crippen LogP contribution in [0, 0.1) is 5.92 Å². The highest BCUT2D eigenvalue weighted by Gasteiger charge is 2.34. The molecule has 166 valence electrons. The van der Waals surface area contributed by atoms with Crippen LogP contribution in [0.2, 0.25) is 0 Å². The van der Waals surface area contributed by atoms with Crippen LogP contribution in [0.25, 0.3) is 0 Å². The number of aliphatic imine (C=N–C) groups is 1. The Morgan fingerprint density at radius 1 is 1.21 bits per heavy atom. The van der Waals surface area contributed by atoms with Crippen LogP contribution < -0.4 is 20.1 Å². The molecule has 1 unspecified atom stereocenters. The number of likely N-dealkylation sites (tertiary alicyclic amines) is 1. The molecule has 1 aromatic carbocycles. The molecule has 1 atom stereocenters. The molecule has 0 radical (unpaired) electrons. The van der Waals surface area contributed by atoms with Gasteiger partial charge in [-0.25, -0.2) is 0 Å². The van der Waals surface area contributed by atoms with Crippen molar-refractivity contribution in [3.05, 3.63) is 23.8 Å². The summed E-state index contributed by atoms with van der Waals surface area (Å²) >= 11 is 0. The second-order valence-corrected chi connectivity index (χ2v) is 6.82. The van der Waals surface area contributed by atoms with Gasteiger partial charge in [0.15, 0.2) is 17.5 Å². The van der Waals surface area contributed by atoms with Crippen LogP contribution in [-0.2, 0) is 6.42 Å². The molecule has 0 aromatic heterocycles. The summed E-state index contributed by atoms with van der Waals surface area (Å²) in [5.74, 6) is 2.21. The lowest BCUT2D eigenvalue weighted by Crippen LogP contribution is -2.41. The first-order chi connectivity index (χ1) is 13.3. The largest absolute Gasteiger partial charge is 0.493 e. The lowest BCUT2D eigenvalue weighted by atomic mass is 10.1. The average molecular weight is 530 g/mol. The van der Waals surface area contributed by atoms with Crippen molar-refractivity contribution in [3.63, 3.8) is 0 Å². The van der Waals surface area contributed by atoms with Crippen molar-refractivity contribution >= 4 is 29.9 Å². The number of alkyl halides is 3. The predicted octanol–water partition coefficient (Wildman–Crippen LogP) is 2.91. The molecular weight excluding hydrogens is 500 g/mol. The number of rotatable bonds is 8. The van der Waals surface area contributed by atoms with E-state index in [4.69, 9.17) is 9.47 Å². The maximum absolute atomic E-state index is 12.5. The monoisotopic (exact) mass is 530 g/mol. The second-order valence-electron chi connectivity index (χ2n) is 6.82. The molecule has 10 heteroatoms. The van der Waals surface area contributed by atoms with Gasteiger partial charge in [0.05, 0.1) is 20.8 Å². The molecule has 1 aromatic rings. The Hall–Kier alpha value is -1.43. The molecule has 1 heterocycles. The number of hydrogen-bond donors (Lipinski definition) is 2. The van der Waals surface area contributed by atoms with E-state index in [-0.39, 0.29) is 29.9 Å². The number of hydrogen-bond acceptors (Lipinski definition) is 4. The van der Waals surface area contributed by atoms with Gasteiger partial charge in [-0.15, -0.1) is 24.0 Å². The molecule has 0 bridgehead atoms. The van der Waals surface area contributed by atoms with E-state index in [0.717, 1.165) is 18.4 Å². The molecular formula is C19H30F3IN4O2. The van der Waals surface area contributed by atoms with E-state index in [1.807, 2.05) is 18.2 Å². The summed E-state index contributed by atoms with van der Waals surface area (Å²) in [5.41, 5.74) is 1.10. The molecule has 2 rings (SSSR count). The molecule has 0 saturated carbocycles. The number of benzene rings is 1. The van der Waals surface area contributed by atoms with Crippen LogP contribution in [0.5, 0.6) is 11.5 Å². The van der Waals surface area contributed by atoms with E-state index in [1.165, 1.54) is 4.90 Å². The van der Waals surface area contributed by atoms with E-state index in [0.29, 0.717) is 43.6 Å². The zero-order valence-corrected chi connectivity index (χ0v) is 19.3. The van der Waals surface area contributed by atoms with E-state index in [2.05, 4.69) is 15.6 Å². The van der Waals surface area contributed by atoms with Crippen LogP contribution >= 0.6 is 24.0 Å². The molecule has 1 fully saturated rings. The molecule has 0 amide bonds. The van der Waals surface area contributed by atoms with Gasteiger partial charge in [0, 0.05) is 26.7 Å². The highest BCUT2D eigenvalue weighted by molar-refractivity contribution is 14.0. The van der Waals surface area contributed by atoms with Crippen molar-refractivity contribution in [2.24, 2.45) is 10.9 Å². The van der Waals surface area contributed by atoms with Crippen LogP contribution in [-0.4, -0.2) is 71.0 Å². The molecule has 0 spiro atoms. The van der Waals surface area contributed by atoms with Crippen molar-refractivity contribution in [2.75, 3.05) is 54.0 Å². The van der Waals surface area contributed by atoms with Gasteiger partial charge in [0.2, 0.25) is 0 Å². The Balaban J connectivity index is 0.00000420. The summed E-state index contributed by atoms with van der Waals surface area (Å²) in [6.07, 6.45) is -2.61. The minimum Gasteiger partial charge on any atom is -0.493 e. The summed E-state index contributed by atoms with van der Waals surface area (Å²) in [6.45, 7) is 1.37. The fourth-order valence-electron chi connectivity index (χ4n) is 3.30. The quantitative estimate of drug-likeness (QED) is 0.308. The van der Waals surface area contributed by atoms with Crippen LogP contribution in [0.3, 0.4) is 0 Å². The minimum absolute atomic E-state index is 0. The summed E-state index contributed by atoms with van der Waals surface area (Å²) in [7, 11) is 4.88. The minimum atomic E-state index is -4.13. The first kappa shape index (κ1) is 25.6. The third-order valence-electron chi connectivity index (χ3n) is 4.71.